The molecule has 0 aliphatic heterocycles. The van der Waals surface area contributed by atoms with Crippen molar-refractivity contribution < 1.29 is 0 Å². The van der Waals surface area contributed by atoms with Gasteiger partial charge < -0.3 is 9.88 Å². The number of nitrogens with zero attached hydrogens (tertiary/aromatic N) is 2. The van der Waals surface area contributed by atoms with Crippen molar-refractivity contribution in [3.63, 3.8) is 0 Å². The van der Waals surface area contributed by atoms with Crippen molar-refractivity contribution >= 4 is 5.95 Å². The van der Waals surface area contributed by atoms with Crippen molar-refractivity contribution in [1.82, 2.24) is 9.55 Å². The summed E-state index contributed by atoms with van der Waals surface area (Å²) < 4.78 is 2.32. The van der Waals surface area contributed by atoms with Crippen LogP contribution in [0.15, 0.2) is 12.4 Å². The maximum Gasteiger partial charge on any atom is 0.203 e. The maximum atomic E-state index is 4.46. The highest BCUT2D eigenvalue weighted by Crippen LogP contribution is 2.39. The first kappa shape index (κ1) is 11.1. The lowest BCUT2D eigenvalue weighted by Gasteiger charge is -2.34. The first-order valence-corrected chi connectivity index (χ1v) is 6.93. The maximum absolute atomic E-state index is 4.46. The van der Waals surface area contributed by atoms with E-state index in [-0.39, 0.29) is 0 Å². The lowest BCUT2D eigenvalue weighted by atomic mass is 9.76. The summed E-state index contributed by atoms with van der Waals surface area (Å²) in [6.45, 7) is 4.77. The molecule has 3 nitrogen and oxygen atoms in total. The molecule has 1 aromatic heterocycles. The predicted octanol–water partition coefficient (Wildman–Crippen LogP) is 3.60. The number of hydrogen-bond acceptors (Lipinski definition) is 2. The second kappa shape index (κ2) is 4.04. The summed E-state index contributed by atoms with van der Waals surface area (Å²) in [5, 5.41) is 3.64. The molecular formula is C14H23N3. The van der Waals surface area contributed by atoms with E-state index in [9.17, 15) is 0 Å². The highest BCUT2D eigenvalue weighted by Gasteiger charge is 2.29. The van der Waals surface area contributed by atoms with Gasteiger partial charge in [0.1, 0.15) is 0 Å². The zero-order valence-electron chi connectivity index (χ0n) is 10.9. The van der Waals surface area contributed by atoms with Crippen molar-refractivity contribution in [2.24, 2.45) is 5.41 Å². The predicted molar refractivity (Wildman–Crippen MR) is 70.2 cm³/mol. The van der Waals surface area contributed by atoms with E-state index < -0.39 is 0 Å². The minimum atomic E-state index is 0.546. The normalized spacial score (nSPS) is 24.8. The van der Waals surface area contributed by atoms with Gasteiger partial charge in [-0.3, -0.25) is 0 Å². The second-order valence-electron chi connectivity index (χ2n) is 6.47. The summed E-state index contributed by atoms with van der Waals surface area (Å²) in [5.41, 5.74) is 0.546. The standard InChI is InChI=1S/C14H23N3/c1-14(2)7-5-11(6-8-14)16-13-15-9-10-17(13)12-3-4-12/h9-12H,3-8H2,1-2H3,(H,15,16). The molecular weight excluding hydrogens is 210 g/mol. The molecule has 0 aromatic carbocycles. The highest BCUT2D eigenvalue weighted by molar-refractivity contribution is 5.29. The Balaban J connectivity index is 1.61. The molecule has 2 aliphatic carbocycles. The van der Waals surface area contributed by atoms with Gasteiger partial charge in [-0.05, 0) is 43.9 Å². The van der Waals surface area contributed by atoms with E-state index in [1.54, 1.807) is 0 Å². The Kier molecular flexibility index (Phi) is 2.64. The number of nitrogens with one attached hydrogen (secondary N) is 1. The van der Waals surface area contributed by atoms with Gasteiger partial charge in [0.05, 0.1) is 0 Å². The third-order valence-corrected chi connectivity index (χ3v) is 4.28. The summed E-state index contributed by atoms with van der Waals surface area (Å²) >= 11 is 0. The number of anilines is 1. The third-order valence-electron chi connectivity index (χ3n) is 4.28. The molecule has 0 atom stereocenters. The van der Waals surface area contributed by atoms with Crippen LogP contribution in [0.2, 0.25) is 0 Å². The lowest BCUT2D eigenvalue weighted by Crippen LogP contribution is -2.30. The van der Waals surface area contributed by atoms with Gasteiger partial charge >= 0.3 is 0 Å². The Morgan fingerprint density at radius 3 is 2.59 bits per heavy atom. The quantitative estimate of drug-likeness (QED) is 0.864. The lowest BCUT2D eigenvalue weighted by molar-refractivity contribution is 0.232. The van der Waals surface area contributed by atoms with E-state index >= 15 is 0 Å². The van der Waals surface area contributed by atoms with Gasteiger partial charge in [0.2, 0.25) is 5.95 Å². The van der Waals surface area contributed by atoms with Crippen molar-refractivity contribution in [3.8, 4) is 0 Å². The van der Waals surface area contributed by atoms with Gasteiger partial charge in [0.25, 0.3) is 0 Å². The molecule has 17 heavy (non-hydrogen) atoms. The smallest absolute Gasteiger partial charge is 0.203 e. The Morgan fingerprint density at radius 2 is 1.94 bits per heavy atom. The van der Waals surface area contributed by atoms with Crippen LogP contribution in [0, 0.1) is 5.41 Å². The summed E-state index contributed by atoms with van der Waals surface area (Å²) in [6.07, 6.45) is 11.9. The zero-order chi connectivity index (χ0) is 11.9. The van der Waals surface area contributed by atoms with Gasteiger partial charge in [0.15, 0.2) is 0 Å². The first-order valence-electron chi connectivity index (χ1n) is 6.93. The van der Waals surface area contributed by atoms with E-state index in [1.165, 1.54) is 38.5 Å². The van der Waals surface area contributed by atoms with Gasteiger partial charge in [-0.2, -0.15) is 0 Å². The number of hydrogen-bond donors (Lipinski definition) is 1. The van der Waals surface area contributed by atoms with Crippen LogP contribution in [0.5, 0.6) is 0 Å². The molecule has 0 unspecified atom stereocenters. The van der Waals surface area contributed by atoms with Crippen LogP contribution >= 0.6 is 0 Å². The Hall–Kier alpha value is -0.990. The van der Waals surface area contributed by atoms with Crippen molar-refractivity contribution in [3.05, 3.63) is 12.4 Å². The molecule has 2 fully saturated rings. The van der Waals surface area contributed by atoms with E-state index in [2.05, 4.69) is 34.9 Å². The molecule has 1 heterocycles. The SMILES string of the molecule is CC1(C)CCC(Nc2nccn2C2CC2)CC1. The fourth-order valence-electron chi connectivity index (χ4n) is 2.80. The van der Waals surface area contributed by atoms with Gasteiger partial charge in [-0.15, -0.1) is 0 Å². The minimum absolute atomic E-state index is 0.546. The fraction of sp³-hybridized carbons (Fsp3) is 0.786. The van der Waals surface area contributed by atoms with Crippen LogP contribution in [0.4, 0.5) is 5.95 Å². The average Bonchev–Trinajstić information content (AvgIpc) is 3.03. The molecule has 3 heteroatoms. The van der Waals surface area contributed by atoms with Crippen LogP contribution in [0.3, 0.4) is 0 Å². The summed E-state index contributed by atoms with van der Waals surface area (Å²) in [5.74, 6) is 1.09. The van der Waals surface area contributed by atoms with Gasteiger partial charge in [-0.25, -0.2) is 4.98 Å². The third kappa shape index (κ3) is 2.48. The molecule has 2 saturated carbocycles. The Bertz CT molecular complexity index is 380. The van der Waals surface area contributed by atoms with Gasteiger partial charge in [-0.1, -0.05) is 13.8 Å². The van der Waals surface area contributed by atoms with E-state index in [4.69, 9.17) is 0 Å². The number of aromatic nitrogens is 2. The van der Waals surface area contributed by atoms with Crippen LogP contribution in [-0.2, 0) is 0 Å². The average molecular weight is 233 g/mol. The van der Waals surface area contributed by atoms with Crippen molar-refractivity contribution in [1.29, 1.82) is 0 Å². The van der Waals surface area contributed by atoms with Crippen LogP contribution < -0.4 is 5.32 Å². The minimum Gasteiger partial charge on any atom is -0.353 e. The van der Waals surface area contributed by atoms with E-state index in [0.717, 1.165) is 12.0 Å². The van der Waals surface area contributed by atoms with Crippen LogP contribution in [0.1, 0.15) is 58.4 Å². The highest BCUT2D eigenvalue weighted by atomic mass is 15.2. The summed E-state index contributed by atoms with van der Waals surface area (Å²) in [4.78, 5) is 4.46. The first-order chi connectivity index (χ1) is 8.14. The molecule has 0 radical (unpaired) electrons. The molecule has 1 N–H and O–H groups in total. The molecule has 0 saturated heterocycles. The van der Waals surface area contributed by atoms with Crippen LogP contribution in [-0.4, -0.2) is 15.6 Å². The molecule has 3 rings (SSSR count). The van der Waals surface area contributed by atoms with Crippen molar-refractivity contribution in [2.45, 2.75) is 64.5 Å². The second-order valence-corrected chi connectivity index (χ2v) is 6.47. The zero-order valence-corrected chi connectivity index (χ0v) is 10.9. The largest absolute Gasteiger partial charge is 0.353 e. The molecule has 0 amide bonds. The molecule has 0 spiro atoms. The molecule has 0 bridgehead atoms. The summed E-state index contributed by atoms with van der Waals surface area (Å²) in [7, 11) is 0. The van der Waals surface area contributed by atoms with Crippen molar-refractivity contribution in [2.75, 3.05) is 5.32 Å². The number of imidazole rings is 1. The monoisotopic (exact) mass is 233 g/mol. The summed E-state index contributed by atoms with van der Waals surface area (Å²) in [6, 6.07) is 1.35. The van der Waals surface area contributed by atoms with E-state index in [0.29, 0.717) is 11.5 Å². The van der Waals surface area contributed by atoms with Crippen LogP contribution in [0.25, 0.3) is 0 Å². The topological polar surface area (TPSA) is 29.9 Å². The Morgan fingerprint density at radius 1 is 1.24 bits per heavy atom. The molecule has 1 aromatic rings. The molecule has 94 valence electrons. The molecule has 2 aliphatic rings. The van der Waals surface area contributed by atoms with E-state index in [1.807, 2.05) is 6.20 Å². The van der Waals surface area contributed by atoms with Gasteiger partial charge in [0, 0.05) is 24.5 Å². The number of rotatable bonds is 3. The Labute approximate surface area is 104 Å². The fourth-order valence-corrected chi connectivity index (χ4v) is 2.80.